The third kappa shape index (κ3) is 0.993. The molecular formula is C5H2ClN3O. The van der Waals surface area contributed by atoms with E-state index in [0.717, 1.165) is 0 Å². The van der Waals surface area contributed by atoms with Gasteiger partial charge in [-0.25, -0.2) is 5.10 Å². The molecule has 0 atom stereocenters. The molecule has 50 valence electrons. The van der Waals surface area contributed by atoms with E-state index in [4.69, 9.17) is 16.9 Å². The Morgan fingerprint density at radius 2 is 2.50 bits per heavy atom. The predicted octanol–water partition coefficient (Wildman–Crippen LogP) is 0.295. The fourth-order valence-electron chi connectivity index (χ4n) is 0.481. The molecule has 5 heteroatoms. The maximum atomic E-state index is 10.6. The number of H-pyrrole nitrogens is 1. The van der Waals surface area contributed by atoms with Crippen LogP contribution in [0.5, 0.6) is 0 Å². The summed E-state index contributed by atoms with van der Waals surface area (Å²) in [5.74, 6) is 0. The third-order valence-corrected chi connectivity index (χ3v) is 1.21. The summed E-state index contributed by atoms with van der Waals surface area (Å²) in [6, 6.07) is 1.65. The Balaban J connectivity index is 3.50. The maximum absolute atomic E-state index is 10.6. The van der Waals surface area contributed by atoms with Gasteiger partial charge in [-0.2, -0.15) is 10.4 Å². The van der Waals surface area contributed by atoms with Crippen molar-refractivity contribution in [2.45, 2.75) is 0 Å². The van der Waals surface area contributed by atoms with Gasteiger partial charge >= 0.3 is 0 Å². The van der Waals surface area contributed by atoms with Crippen molar-refractivity contribution in [2.24, 2.45) is 0 Å². The second-order valence-corrected chi connectivity index (χ2v) is 1.94. The number of nitrogens with one attached hydrogen (secondary N) is 1. The summed E-state index contributed by atoms with van der Waals surface area (Å²) in [6.45, 7) is 0. The summed E-state index contributed by atoms with van der Waals surface area (Å²) < 4.78 is 0. The zero-order chi connectivity index (χ0) is 7.56. The molecule has 0 spiro atoms. The fourth-order valence-corrected chi connectivity index (χ4v) is 0.658. The third-order valence-electron chi connectivity index (χ3n) is 0.922. The summed E-state index contributed by atoms with van der Waals surface area (Å²) in [5.41, 5.74) is -0.660. The van der Waals surface area contributed by atoms with Crippen molar-refractivity contribution in [3.8, 4) is 6.07 Å². The highest BCUT2D eigenvalue weighted by atomic mass is 35.5. The average molecular weight is 156 g/mol. The van der Waals surface area contributed by atoms with Crippen LogP contribution in [0.2, 0.25) is 5.02 Å². The first-order valence-electron chi connectivity index (χ1n) is 2.39. The summed E-state index contributed by atoms with van der Waals surface area (Å²) >= 11 is 5.42. The van der Waals surface area contributed by atoms with Crippen molar-refractivity contribution in [1.29, 1.82) is 5.26 Å². The Hall–Kier alpha value is -1.34. The standard InChI is InChI=1S/C5H2ClN3O/c6-4-2-8-9-5(10)3(4)1-7/h2H,(H,9,10). The van der Waals surface area contributed by atoms with Gasteiger partial charge in [0.2, 0.25) is 0 Å². The fraction of sp³-hybridized carbons (Fsp3) is 0. The van der Waals surface area contributed by atoms with Crippen molar-refractivity contribution in [3.05, 3.63) is 27.1 Å². The SMILES string of the molecule is N#Cc1c(Cl)cn[nH]c1=O. The van der Waals surface area contributed by atoms with Gasteiger partial charge in [0.15, 0.2) is 0 Å². The molecule has 0 unspecified atom stereocenters. The Bertz CT molecular complexity index is 337. The maximum Gasteiger partial charge on any atom is 0.283 e. The lowest BCUT2D eigenvalue weighted by atomic mass is 10.3. The molecule has 0 bridgehead atoms. The number of halogens is 1. The van der Waals surface area contributed by atoms with Crippen LogP contribution in [0.25, 0.3) is 0 Å². The van der Waals surface area contributed by atoms with Gasteiger partial charge in [-0.05, 0) is 0 Å². The van der Waals surface area contributed by atoms with Crippen LogP contribution in [0.4, 0.5) is 0 Å². The molecule has 0 saturated heterocycles. The number of aromatic amines is 1. The minimum Gasteiger partial charge on any atom is -0.266 e. The van der Waals surface area contributed by atoms with Crippen molar-refractivity contribution < 1.29 is 0 Å². The summed E-state index contributed by atoms with van der Waals surface area (Å²) in [7, 11) is 0. The molecule has 0 aliphatic rings. The van der Waals surface area contributed by atoms with E-state index in [-0.39, 0.29) is 10.6 Å². The molecule has 1 heterocycles. The Morgan fingerprint density at radius 3 is 2.90 bits per heavy atom. The van der Waals surface area contributed by atoms with Gasteiger partial charge in [-0.15, -0.1) is 0 Å². The molecule has 1 aromatic heterocycles. The average Bonchev–Trinajstić information content (AvgIpc) is 1.88. The molecule has 0 fully saturated rings. The molecule has 0 saturated carbocycles. The topological polar surface area (TPSA) is 69.5 Å². The molecule has 0 aliphatic heterocycles. The number of nitriles is 1. The molecule has 0 amide bonds. The predicted molar refractivity (Wildman–Crippen MR) is 34.6 cm³/mol. The zero-order valence-electron chi connectivity index (χ0n) is 4.76. The molecule has 1 N–H and O–H groups in total. The van der Waals surface area contributed by atoms with E-state index < -0.39 is 5.56 Å². The van der Waals surface area contributed by atoms with E-state index in [1.807, 2.05) is 0 Å². The van der Waals surface area contributed by atoms with Crippen LogP contribution in [-0.2, 0) is 0 Å². The normalized spacial score (nSPS) is 8.80. The number of hydrogen-bond donors (Lipinski definition) is 1. The minimum absolute atomic E-state index is 0.0752. The van der Waals surface area contributed by atoms with Crippen molar-refractivity contribution >= 4 is 11.6 Å². The second kappa shape index (κ2) is 2.50. The number of aromatic nitrogens is 2. The van der Waals surface area contributed by atoms with E-state index in [0.29, 0.717) is 0 Å². The van der Waals surface area contributed by atoms with Crippen LogP contribution >= 0.6 is 11.6 Å². The lowest BCUT2D eigenvalue weighted by Gasteiger charge is -1.87. The molecule has 10 heavy (non-hydrogen) atoms. The van der Waals surface area contributed by atoms with Crippen molar-refractivity contribution in [3.63, 3.8) is 0 Å². The highest BCUT2D eigenvalue weighted by Gasteiger charge is 2.02. The van der Waals surface area contributed by atoms with Gasteiger partial charge in [-0.1, -0.05) is 11.6 Å². The summed E-state index contributed by atoms with van der Waals surface area (Å²) in [4.78, 5) is 10.6. The lowest BCUT2D eigenvalue weighted by molar-refractivity contribution is 0.981. The number of nitrogens with zero attached hydrogens (tertiary/aromatic N) is 2. The van der Waals surface area contributed by atoms with Crippen molar-refractivity contribution in [1.82, 2.24) is 10.2 Å². The lowest BCUT2D eigenvalue weighted by Crippen LogP contribution is -2.11. The van der Waals surface area contributed by atoms with Crippen molar-refractivity contribution in [2.75, 3.05) is 0 Å². The van der Waals surface area contributed by atoms with Crippen LogP contribution in [0.15, 0.2) is 11.0 Å². The summed E-state index contributed by atoms with van der Waals surface area (Å²) in [6.07, 6.45) is 1.21. The van der Waals surface area contributed by atoms with E-state index in [1.54, 1.807) is 6.07 Å². The highest BCUT2D eigenvalue weighted by Crippen LogP contribution is 2.05. The molecular weight excluding hydrogens is 154 g/mol. The van der Waals surface area contributed by atoms with E-state index in [2.05, 4.69) is 10.2 Å². The smallest absolute Gasteiger partial charge is 0.266 e. The monoisotopic (exact) mass is 155 g/mol. The zero-order valence-corrected chi connectivity index (χ0v) is 5.51. The van der Waals surface area contributed by atoms with Gasteiger partial charge < -0.3 is 0 Å². The minimum atomic E-state index is -0.560. The van der Waals surface area contributed by atoms with Crippen LogP contribution in [0, 0.1) is 11.3 Å². The molecule has 0 aromatic carbocycles. The van der Waals surface area contributed by atoms with Crippen LogP contribution in [-0.4, -0.2) is 10.2 Å². The van der Waals surface area contributed by atoms with Crippen LogP contribution in [0.3, 0.4) is 0 Å². The Kier molecular flexibility index (Phi) is 1.69. The Morgan fingerprint density at radius 1 is 1.80 bits per heavy atom. The summed E-state index contributed by atoms with van der Waals surface area (Å²) in [5, 5.41) is 13.8. The van der Waals surface area contributed by atoms with Gasteiger partial charge in [0, 0.05) is 0 Å². The Labute approximate surface area is 61.1 Å². The second-order valence-electron chi connectivity index (χ2n) is 1.53. The van der Waals surface area contributed by atoms with Gasteiger partial charge in [0.05, 0.1) is 11.2 Å². The molecule has 4 nitrogen and oxygen atoms in total. The van der Waals surface area contributed by atoms with Crippen LogP contribution in [0.1, 0.15) is 5.56 Å². The van der Waals surface area contributed by atoms with E-state index >= 15 is 0 Å². The largest absolute Gasteiger partial charge is 0.283 e. The first kappa shape index (κ1) is 6.78. The first-order chi connectivity index (χ1) is 4.75. The highest BCUT2D eigenvalue weighted by molar-refractivity contribution is 6.31. The number of rotatable bonds is 0. The van der Waals surface area contributed by atoms with Gasteiger partial charge in [-0.3, -0.25) is 4.79 Å². The number of hydrogen-bond acceptors (Lipinski definition) is 3. The molecule has 1 rings (SSSR count). The van der Waals surface area contributed by atoms with Gasteiger partial charge in [0.1, 0.15) is 11.6 Å². The van der Waals surface area contributed by atoms with E-state index in [9.17, 15) is 4.79 Å². The molecule has 1 aromatic rings. The molecule has 0 radical (unpaired) electrons. The molecule has 0 aliphatic carbocycles. The van der Waals surface area contributed by atoms with Gasteiger partial charge in [0.25, 0.3) is 5.56 Å². The van der Waals surface area contributed by atoms with E-state index in [1.165, 1.54) is 6.20 Å². The quantitative estimate of drug-likeness (QED) is 0.586. The van der Waals surface area contributed by atoms with Crippen LogP contribution < -0.4 is 5.56 Å². The first-order valence-corrected chi connectivity index (χ1v) is 2.77.